The standard InChI is InChI=1S/C4H10OS/c1-3-4-5-6-2/h3-4H2,1-2H3. The zero-order valence-electron chi connectivity index (χ0n) is 4.23. The van der Waals surface area contributed by atoms with Crippen molar-refractivity contribution in [2.24, 2.45) is 0 Å². The van der Waals surface area contributed by atoms with Crippen molar-refractivity contribution in [1.82, 2.24) is 0 Å². The molecule has 0 rings (SSSR count). The summed E-state index contributed by atoms with van der Waals surface area (Å²) in [6.07, 6.45) is 3.04. The molecule has 0 aliphatic rings. The van der Waals surface area contributed by atoms with E-state index < -0.39 is 0 Å². The summed E-state index contributed by atoms with van der Waals surface area (Å²) in [6, 6.07) is 0. The number of hydrogen-bond donors (Lipinski definition) is 0. The van der Waals surface area contributed by atoms with Crippen LogP contribution in [0.2, 0.25) is 0 Å². The van der Waals surface area contributed by atoms with Crippen LogP contribution in [0.3, 0.4) is 0 Å². The molecule has 0 bridgehead atoms. The van der Waals surface area contributed by atoms with Gasteiger partial charge >= 0.3 is 0 Å². The predicted octanol–water partition coefficient (Wildman–Crippen LogP) is 1.69. The van der Waals surface area contributed by atoms with Gasteiger partial charge in [-0.1, -0.05) is 6.92 Å². The third-order valence-corrected chi connectivity index (χ3v) is 0.808. The summed E-state index contributed by atoms with van der Waals surface area (Å²) in [5.74, 6) is 0. The quantitative estimate of drug-likeness (QED) is 0.400. The highest BCUT2D eigenvalue weighted by Crippen LogP contribution is 1.93. The van der Waals surface area contributed by atoms with Crippen molar-refractivity contribution in [3.63, 3.8) is 0 Å². The third-order valence-electron chi connectivity index (χ3n) is 0.405. The van der Waals surface area contributed by atoms with Crippen molar-refractivity contribution in [3.05, 3.63) is 0 Å². The van der Waals surface area contributed by atoms with Gasteiger partial charge in [-0.15, -0.1) is 0 Å². The van der Waals surface area contributed by atoms with E-state index >= 15 is 0 Å². The fraction of sp³-hybridized carbons (Fsp3) is 1.00. The van der Waals surface area contributed by atoms with Gasteiger partial charge in [-0.2, -0.15) is 0 Å². The normalized spacial score (nSPS) is 9.00. The van der Waals surface area contributed by atoms with Gasteiger partial charge in [0.15, 0.2) is 0 Å². The fourth-order valence-electron chi connectivity index (χ4n) is 0.167. The second kappa shape index (κ2) is 5.31. The third kappa shape index (κ3) is 4.31. The fourth-order valence-corrected chi connectivity index (χ4v) is 0.500. The summed E-state index contributed by atoms with van der Waals surface area (Å²) in [5.41, 5.74) is 0. The molecule has 0 radical (unpaired) electrons. The molecule has 0 aromatic carbocycles. The molecule has 0 spiro atoms. The van der Waals surface area contributed by atoms with E-state index in [0.29, 0.717) is 0 Å². The average molecular weight is 106 g/mol. The molecule has 1 nitrogen and oxygen atoms in total. The Balaban J connectivity index is 2.34. The molecule has 0 aromatic heterocycles. The first-order valence-electron chi connectivity index (χ1n) is 2.07. The minimum absolute atomic E-state index is 0.876. The first-order chi connectivity index (χ1) is 2.91. The zero-order chi connectivity index (χ0) is 4.83. The van der Waals surface area contributed by atoms with Crippen LogP contribution in [-0.4, -0.2) is 12.9 Å². The van der Waals surface area contributed by atoms with Crippen molar-refractivity contribution in [2.75, 3.05) is 12.9 Å². The van der Waals surface area contributed by atoms with Crippen molar-refractivity contribution >= 4 is 12.0 Å². The Morgan fingerprint density at radius 1 is 1.67 bits per heavy atom. The van der Waals surface area contributed by atoms with Crippen molar-refractivity contribution in [3.8, 4) is 0 Å². The Labute approximate surface area is 43.3 Å². The van der Waals surface area contributed by atoms with Crippen LogP contribution >= 0.6 is 12.0 Å². The van der Waals surface area contributed by atoms with Crippen LogP contribution in [-0.2, 0) is 4.18 Å². The lowest BCUT2D eigenvalue weighted by atomic mass is 10.5. The number of rotatable bonds is 3. The Kier molecular flexibility index (Phi) is 5.58. The summed E-state index contributed by atoms with van der Waals surface area (Å²) in [6.45, 7) is 2.97. The highest BCUT2D eigenvalue weighted by atomic mass is 32.2. The van der Waals surface area contributed by atoms with E-state index in [-0.39, 0.29) is 0 Å². The van der Waals surface area contributed by atoms with Gasteiger partial charge in [0.05, 0.1) is 6.61 Å². The average Bonchev–Trinajstić information content (AvgIpc) is 1.61. The SMILES string of the molecule is CCCOSC. The Morgan fingerprint density at radius 2 is 2.33 bits per heavy atom. The van der Waals surface area contributed by atoms with Crippen LogP contribution in [0.4, 0.5) is 0 Å². The first kappa shape index (κ1) is 6.31. The van der Waals surface area contributed by atoms with Crippen molar-refractivity contribution in [2.45, 2.75) is 13.3 Å². The van der Waals surface area contributed by atoms with E-state index in [4.69, 9.17) is 4.18 Å². The molecule has 0 saturated carbocycles. The van der Waals surface area contributed by atoms with Crippen LogP contribution < -0.4 is 0 Å². The van der Waals surface area contributed by atoms with Gasteiger partial charge < -0.3 is 4.18 Å². The van der Waals surface area contributed by atoms with Crippen molar-refractivity contribution in [1.29, 1.82) is 0 Å². The topological polar surface area (TPSA) is 9.23 Å². The van der Waals surface area contributed by atoms with Crippen LogP contribution in [0.1, 0.15) is 13.3 Å². The first-order valence-corrected chi connectivity index (χ1v) is 3.22. The largest absolute Gasteiger partial charge is 0.316 e. The summed E-state index contributed by atoms with van der Waals surface area (Å²) in [5, 5.41) is 0. The molecule has 0 N–H and O–H groups in total. The zero-order valence-corrected chi connectivity index (χ0v) is 5.05. The van der Waals surface area contributed by atoms with Gasteiger partial charge in [0.2, 0.25) is 0 Å². The smallest absolute Gasteiger partial charge is 0.0611 e. The molecule has 0 heterocycles. The van der Waals surface area contributed by atoms with Crippen LogP contribution in [0, 0.1) is 0 Å². The highest BCUT2D eigenvalue weighted by molar-refractivity contribution is 7.93. The monoisotopic (exact) mass is 106 g/mol. The van der Waals surface area contributed by atoms with Gasteiger partial charge in [0, 0.05) is 6.26 Å². The molecule has 0 aliphatic heterocycles. The molecule has 0 aliphatic carbocycles. The summed E-state index contributed by atoms with van der Waals surface area (Å²) in [4.78, 5) is 0. The van der Waals surface area contributed by atoms with Crippen molar-refractivity contribution < 1.29 is 4.18 Å². The lowest BCUT2D eigenvalue weighted by molar-refractivity contribution is 0.375. The van der Waals surface area contributed by atoms with Gasteiger partial charge in [-0.05, 0) is 18.5 Å². The Morgan fingerprint density at radius 3 is 2.50 bits per heavy atom. The van der Waals surface area contributed by atoms with Crippen LogP contribution in [0.15, 0.2) is 0 Å². The molecule has 0 aromatic rings. The highest BCUT2D eigenvalue weighted by Gasteiger charge is 1.73. The van der Waals surface area contributed by atoms with E-state index in [1.807, 2.05) is 6.26 Å². The molecule has 0 saturated heterocycles. The van der Waals surface area contributed by atoms with Gasteiger partial charge in [-0.3, -0.25) is 0 Å². The second-order valence-electron chi connectivity index (χ2n) is 0.989. The lowest BCUT2D eigenvalue weighted by Gasteiger charge is -1.89. The molecular weight excluding hydrogens is 96.1 g/mol. The molecule has 2 heteroatoms. The molecule has 0 unspecified atom stereocenters. The molecule has 0 amide bonds. The van der Waals surface area contributed by atoms with Gasteiger partial charge in [0.25, 0.3) is 0 Å². The predicted molar refractivity (Wildman–Crippen MR) is 29.8 cm³/mol. The molecule has 0 atom stereocenters. The van der Waals surface area contributed by atoms with E-state index in [1.165, 1.54) is 12.0 Å². The molecule has 6 heavy (non-hydrogen) atoms. The molecule has 38 valence electrons. The van der Waals surface area contributed by atoms with E-state index in [2.05, 4.69) is 6.92 Å². The van der Waals surface area contributed by atoms with Gasteiger partial charge in [0.1, 0.15) is 0 Å². The summed E-state index contributed by atoms with van der Waals surface area (Å²) < 4.78 is 4.90. The summed E-state index contributed by atoms with van der Waals surface area (Å²) >= 11 is 1.43. The molecule has 0 fully saturated rings. The maximum atomic E-state index is 4.90. The molecular formula is C4H10OS. The van der Waals surface area contributed by atoms with Crippen LogP contribution in [0.25, 0.3) is 0 Å². The van der Waals surface area contributed by atoms with Gasteiger partial charge in [-0.25, -0.2) is 0 Å². The van der Waals surface area contributed by atoms with Crippen LogP contribution in [0.5, 0.6) is 0 Å². The maximum Gasteiger partial charge on any atom is 0.0611 e. The maximum absolute atomic E-state index is 4.90. The van der Waals surface area contributed by atoms with E-state index in [9.17, 15) is 0 Å². The lowest BCUT2D eigenvalue weighted by Crippen LogP contribution is -1.78. The minimum Gasteiger partial charge on any atom is -0.316 e. The number of hydrogen-bond acceptors (Lipinski definition) is 2. The summed E-state index contributed by atoms with van der Waals surface area (Å²) in [7, 11) is 0. The van der Waals surface area contributed by atoms with E-state index in [0.717, 1.165) is 13.0 Å². The Hall–Kier alpha value is 0.310. The minimum atomic E-state index is 0.876. The Bertz CT molecular complexity index is 19.5. The van der Waals surface area contributed by atoms with E-state index in [1.54, 1.807) is 0 Å². The second-order valence-corrected chi connectivity index (χ2v) is 1.56.